The molecular formula is C17H25BrN4O2S2. The van der Waals surface area contributed by atoms with Gasteiger partial charge in [0.15, 0.2) is 0 Å². The number of nitrogens with zero attached hydrogens (tertiary/aromatic N) is 4. The summed E-state index contributed by atoms with van der Waals surface area (Å²) < 4.78 is 27.0. The highest BCUT2D eigenvalue weighted by atomic mass is 79.9. The molecule has 0 amide bonds. The van der Waals surface area contributed by atoms with Crippen molar-refractivity contribution < 1.29 is 8.42 Å². The van der Waals surface area contributed by atoms with E-state index in [9.17, 15) is 8.42 Å². The Kier molecular flexibility index (Phi) is 6.23. The number of piperazine rings is 1. The van der Waals surface area contributed by atoms with E-state index in [0.29, 0.717) is 13.1 Å². The van der Waals surface area contributed by atoms with E-state index < -0.39 is 10.0 Å². The summed E-state index contributed by atoms with van der Waals surface area (Å²) in [7, 11) is -3.08. The van der Waals surface area contributed by atoms with Crippen LogP contribution in [0.25, 0.3) is 10.1 Å². The third-order valence-electron chi connectivity index (χ3n) is 4.74. The topological polar surface area (TPSA) is 56.8 Å². The van der Waals surface area contributed by atoms with Gasteiger partial charge < -0.3 is 4.90 Å². The Bertz CT molecular complexity index is 872. The predicted octanol–water partition coefficient (Wildman–Crippen LogP) is 2.98. The molecule has 0 bridgehead atoms. The molecule has 1 aliphatic heterocycles. The fraction of sp³-hybridized carbons (Fsp3) is 0.588. The van der Waals surface area contributed by atoms with Crippen molar-refractivity contribution in [3.8, 4) is 0 Å². The second kappa shape index (κ2) is 8.10. The van der Waals surface area contributed by atoms with Crippen molar-refractivity contribution in [3.05, 3.63) is 21.6 Å². The Morgan fingerprint density at radius 3 is 2.42 bits per heavy atom. The fourth-order valence-corrected chi connectivity index (χ4v) is 5.75. The molecule has 0 aromatic carbocycles. The van der Waals surface area contributed by atoms with Crippen LogP contribution in [0.5, 0.6) is 0 Å². The summed E-state index contributed by atoms with van der Waals surface area (Å²) in [6, 6.07) is 4.31. The van der Waals surface area contributed by atoms with E-state index in [1.807, 2.05) is 0 Å². The summed E-state index contributed by atoms with van der Waals surface area (Å²) in [6.07, 6.45) is 1.29. The van der Waals surface area contributed by atoms with Crippen molar-refractivity contribution in [3.63, 3.8) is 0 Å². The first kappa shape index (κ1) is 20.0. The summed E-state index contributed by atoms with van der Waals surface area (Å²) in [5, 5.41) is 1.21. The molecule has 6 nitrogen and oxygen atoms in total. The highest BCUT2D eigenvalue weighted by Gasteiger charge is 2.24. The zero-order valence-corrected chi connectivity index (χ0v) is 18.6. The van der Waals surface area contributed by atoms with E-state index in [1.165, 1.54) is 21.2 Å². The molecule has 0 aliphatic carbocycles. The van der Waals surface area contributed by atoms with Crippen LogP contribution in [-0.4, -0.2) is 68.1 Å². The minimum Gasteiger partial charge on any atom is -0.356 e. The van der Waals surface area contributed by atoms with Crippen LogP contribution in [0.3, 0.4) is 0 Å². The zero-order chi connectivity index (χ0) is 18.9. The van der Waals surface area contributed by atoms with E-state index in [4.69, 9.17) is 4.98 Å². The van der Waals surface area contributed by atoms with Gasteiger partial charge in [0.1, 0.15) is 10.4 Å². The Balaban J connectivity index is 1.79. The lowest BCUT2D eigenvalue weighted by Gasteiger charge is -2.32. The molecule has 2 aromatic rings. The van der Waals surface area contributed by atoms with E-state index >= 15 is 0 Å². The fourth-order valence-electron chi connectivity index (χ4n) is 3.31. The number of pyridine rings is 1. The lowest BCUT2D eigenvalue weighted by molar-refractivity contribution is 0.183. The molecule has 3 rings (SSSR count). The van der Waals surface area contributed by atoms with E-state index in [-0.39, 0.29) is 0 Å². The van der Waals surface area contributed by atoms with Crippen molar-refractivity contribution in [2.45, 2.75) is 20.4 Å². The number of sulfonamides is 1. The minimum absolute atomic E-state index is 0.571. The lowest BCUT2D eigenvalue weighted by Crippen LogP contribution is -2.47. The van der Waals surface area contributed by atoms with Crippen LogP contribution in [0.4, 0.5) is 5.82 Å². The van der Waals surface area contributed by atoms with Gasteiger partial charge in [-0.25, -0.2) is 13.4 Å². The smallest absolute Gasteiger partial charge is 0.211 e. The number of halogens is 1. The monoisotopic (exact) mass is 460 g/mol. The number of rotatable bonds is 6. The largest absolute Gasteiger partial charge is 0.356 e. The van der Waals surface area contributed by atoms with Crippen molar-refractivity contribution in [1.82, 2.24) is 14.2 Å². The molecule has 9 heteroatoms. The summed E-state index contributed by atoms with van der Waals surface area (Å²) in [5.74, 6) is 1.04. The molecule has 0 radical (unpaired) electrons. The maximum atomic E-state index is 11.7. The number of fused-ring (bicyclic) bond motifs is 1. The molecule has 26 heavy (non-hydrogen) atoms. The van der Waals surface area contributed by atoms with Crippen LogP contribution in [0.15, 0.2) is 16.7 Å². The Morgan fingerprint density at radius 2 is 1.85 bits per heavy atom. The summed E-state index contributed by atoms with van der Waals surface area (Å²) >= 11 is 5.33. The number of hydrogen-bond donors (Lipinski definition) is 0. The molecule has 3 heterocycles. The van der Waals surface area contributed by atoms with Gasteiger partial charge in [-0.2, -0.15) is 4.31 Å². The third kappa shape index (κ3) is 4.39. The van der Waals surface area contributed by atoms with Gasteiger partial charge in [0.05, 0.1) is 11.0 Å². The second-order valence-electron chi connectivity index (χ2n) is 6.51. The number of thiophene rings is 1. The zero-order valence-electron chi connectivity index (χ0n) is 15.4. The van der Waals surface area contributed by atoms with Crippen molar-refractivity contribution in [2.75, 3.05) is 50.4 Å². The standard InChI is InChI=1S/C17H25BrN4O2S2/c1-4-21(5-2)17-16-13(11-15(18)19-17)10-14(25-16)12-20-6-8-22(9-7-20)26(3,23)24/h10-11H,4-9,12H2,1-3H3. The summed E-state index contributed by atoms with van der Waals surface area (Å²) in [4.78, 5) is 10.6. The maximum absolute atomic E-state index is 11.7. The van der Waals surface area contributed by atoms with Crippen LogP contribution in [0.2, 0.25) is 0 Å². The third-order valence-corrected chi connectivity index (χ3v) is 7.59. The number of aromatic nitrogens is 1. The maximum Gasteiger partial charge on any atom is 0.211 e. The molecule has 144 valence electrons. The lowest BCUT2D eigenvalue weighted by atomic mass is 10.2. The van der Waals surface area contributed by atoms with Gasteiger partial charge >= 0.3 is 0 Å². The van der Waals surface area contributed by atoms with Gasteiger partial charge in [0.25, 0.3) is 0 Å². The SMILES string of the molecule is CCN(CC)c1nc(Br)cc2cc(CN3CCN(S(C)(=O)=O)CC3)sc12. The first-order valence-corrected chi connectivity index (χ1v) is 12.3. The molecular weight excluding hydrogens is 436 g/mol. The van der Waals surface area contributed by atoms with Crippen LogP contribution in [-0.2, 0) is 16.6 Å². The van der Waals surface area contributed by atoms with Crippen molar-refractivity contribution in [2.24, 2.45) is 0 Å². The number of anilines is 1. The van der Waals surface area contributed by atoms with Gasteiger partial charge in [0, 0.05) is 50.7 Å². The highest BCUT2D eigenvalue weighted by Crippen LogP contribution is 2.35. The number of hydrogen-bond acceptors (Lipinski definition) is 6. The average molecular weight is 461 g/mol. The molecule has 2 aromatic heterocycles. The van der Waals surface area contributed by atoms with Crippen LogP contribution in [0.1, 0.15) is 18.7 Å². The molecule has 1 saturated heterocycles. The predicted molar refractivity (Wildman–Crippen MR) is 113 cm³/mol. The Morgan fingerprint density at radius 1 is 1.19 bits per heavy atom. The van der Waals surface area contributed by atoms with Crippen molar-refractivity contribution in [1.29, 1.82) is 0 Å². The summed E-state index contributed by atoms with van der Waals surface area (Å²) in [5.41, 5.74) is 0. The van der Waals surface area contributed by atoms with Gasteiger partial charge in [-0.3, -0.25) is 4.90 Å². The molecule has 0 unspecified atom stereocenters. The average Bonchev–Trinajstić information content (AvgIpc) is 2.97. The van der Waals surface area contributed by atoms with Gasteiger partial charge in [0.2, 0.25) is 10.0 Å². The molecule has 0 atom stereocenters. The van der Waals surface area contributed by atoms with Crippen LogP contribution >= 0.6 is 27.3 Å². The first-order valence-electron chi connectivity index (χ1n) is 8.83. The molecule has 1 aliphatic rings. The second-order valence-corrected chi connectivity index (χ2v) is 10.4. The Hall–Kier alpha value is -0.740. The molecule has 0 saturated carbocycles. The minimum atomic E-state index is -3.08. The first-order chi connectivity index (χ1) is 12.3. The van der Waals surface area contributed by atoms with Gasteiger partial charge in [-0.1, -0.05) is 0 Å². The highest BCUT2D eigenvalue weighted by molar-refractivity contribution is 9.10. The normalized spacial score (nSPS) is 17.1. The molecule has 1 fully saturated rings. The molecule has 0 N–H and O–H groups in total. The molecule has 0 spiro atoms. The Labute approximate surface area is 168 Å². The van der Waals surface area contributed by atoms with E-state index in [0.717, 1.165) is 43.1 Å². The van der Waals surface area contributed by atoms with E-state index in [2.05, 4.69) is 51.7 Å². The summed E-state index contributed by atoms with van der Waals surface area (Å²) in [6.45, 7) is 9.68. The van der Waals surface area contributed by atoms with Crippen LogP contribution < -0.4 is 4.90 Å². The van der Waals surface area contributed by atoms with Crippen LogP contribution in [0, 0.1) is 0 Å². The van der Waals surface area contributed by atoms with Crippen molar-refractivity contribution >= 4 is 53.2 Å². The quantitative estimate of drug-likeness (QED) is 0.620. The van der Waals surface area contributed by atoms with Gasteiger partial charge in [-0.05, 0) is 47.3 Å². The van der Waals surface area contributed by atoms with E-state index in [1.54, 1.807) is 15.6 Å². The van der Waals surface area contributed by atoms with Gasteiger partial charge in [-0.15, -0.1) is 11.3 Å².